The van der Waals surface area contributed by atoms with E-state index in [1.807, 2.05) is 20.8 Å². The lowest BCUT2D eigenvalue weighted by atomic mass is 9.94. The number of pyridine rings is 2. The van der Waals surface area contributed by atoms with Crippen LogP contribution >= 0.6 is 0 Å². The second-order valence-electron chi connectivity index (χ2n) is 14.6. The molecule has 4 heterocycles. The first-order chi connectivity index (χ1) is 25.6. The quantitative estimate of drug-likeness (QED) is 0.115. The fourth-order valence-corrected chi connectivity index (χ4v) is 7.12. The third-order valence-corrected chi connectivity index (χ3v) is 9.31. The molecule has 2 N–H and O–H groups in total. The highest BCUT2D eigenvalue weighted by Gasteiger charge is 2.50. The molecule has 18 heteroatoms. The van der Waals surface area contributed by atoms with Crippen LogP contribution in [0.3, 0.4) is 0 Å². The van der Waals surface area contributed by atoms with Crippen LogP contribution in [0.25, 0.3) is 16.8 Å². The minimum atomic E-state index is -3.78. The Kier molecular flexibility index (Phi) is 10.2. The van der Waals surface area contributed by atoms with E-state index < -0.39 is 81.6 Å². The topological polar surface area (TPSA) is 136 Å². The zero-order valence-corrected chi connectivity index (χ0v) is 31.3. The van der Waals surface area contributed by atoms with Crippen molar-refractivity contribution in [2.75, 3.05) is 11.0 Å². The molecule has 0 unspecified atom stereocenters. The summed E-state index contributed by atoms with van der Waals surface area (Å²) >= 11 is 0. The fourth-order valence-electron chi connectivity index (χ4n) is 6.66. The molecule has 11 nitrogen and oxygen atoms in total. The van der Waals surface area contributed by atoms with E-state index in [1.54, 1.807) is 31.2 Å². The first kappa shape index (κ1) is 39.3. The number of aryl methyl sites for hydroxylation is 1. The molecule has 0 fully saturated rings. The number of carbonyl (C=O) groups is 1. The van der Waals surface area contributed by atoms with Crippen molar-refractivity contribution in [3.05, 3.63) is 93.7 Å². The highest BCUT2D eigenvalue weighted by Crippen LogP contribution is 2.51. The first-order valence-electron chi connectivity index (χ1n) is 17.0. The number of fused-ring (bicyclic) bond motifs is 2. The van der Waals surface area contributed by atoms with Crippen molar-refractivity contribution >= 4 is 27.5 Å². The number of carbonyl (C=O) groups excluding carboxylic acids is 1. The van der Waals surface area contributed by atoms with Crippen molar-refractivity contribution in [1.29, 1.82) is 0 Å². The first-order valence-corrected chi connectivity index (χ1v) is 18.9. The second-order valence-corrected chi connectivity index (χ2v) is 16.3. The molecule has 55 heavy (non-hydrogen) atoms. The molecule has 0 aliphatic heterocycles. The van der Waals surface area contributed by atoms with Crippen molar-refractivity contribution < 1.29 is 39.6 Å². The van der Waals surface area contributed by atoms with E-state index in [4.69, 9.17) is 4.98 Å². The maximum absolute atomic E-state index is 15.2. The molecule has 0 saturated carbocycles. The van der Waals surface area contributed by atoms with E-state index in [1.165, 1.54) is 11.3 Å². The van der Waals surface area contributed by atoms with Crippen molar-refractivity contribution in [1.82, 2.24) is 34.7 Å². The Morgan fingerprint density at radius 3 is 2.35 bits per heavy atom. The molecule has 0 bridgehead atoms. The molecule has 290 valence electrons. The maximum atomic E-state index is 15.2. The smallest absolute Gasteiger partial charge is 0.290 e. The van der Waals surface area contributed by atoms with Crippen LogP contribution in [0, 0.1) is 35.8 Å². The zero-order chi connectivity index (χ0) is 40.2. The summed E-state index contributed by atoms with van der Waals surface area (Å²) in [6.07, 6.45) is -3.26. The van der Waals surface area contributed by atoms with Gasteiger partial charge in [0.15, 0.2) is 5.65 Å². The summed E-state index contributed by atoms with van der Waals surface area (Å²) in [5.41, 5.74) is -0.588. The standard InChI is InChI=1S/C37H36F6N8O3S/c1-19-17-37(42,43)32-29(19)31(33(40)41)48-50(32)18-28(52)45-27(15-21-13-22(38)16-23(39)14-21)30-25(10-8-24(44-30)11-12-36(3,4)5)26-9-7-20(2)51-34(26)46-47-35(51)49-55(6,53)54/h7-10,13-14,16,19,27,33H,15,17-18H2,1-6H3,(H,45,52)(H,47,49)/t19-,27-/m0/s1. The monoisotopic (exact) mass is 786 g/mol. The zero-order valence-electron chi connectivity index (χ0n) is 30.5. The van der Waals surface area contributed by atoms with Gasteiger partial charge in [-0.3, -0.25) is 18.6 Å². The highest BCUT2D eigenvalue weighted by molar-refractivity contribution is 7.92. The van der Waals surface area contributed by atoms with Crippen LogP contribution in [0.5, 0.6) is 0 Å². The molecule has 1 aliphatic carbocycles. The molecular formula is C37H36F6N8O3S. The Morgan fingerprint density at radius 1 is 1.04 bits per heavy atom. The molecule has 4 aromatic heterocycles. The van der Waals surface area contributed by atoms with Crippen LogP contribution in [0.4, 0.5) is 32.3 Å². The average molecular weight is 787 g/mol. The molecule has 1 amide bonds. The SMILES string of the molecule is Cc1ccc(-c2ccc(C#CC(C)(C)C)nc2[C@H](Cc2cc(F)cc(F)c2)NC(=O)Cn2nc(C(F)F)c3c2C(F)(F)C[C@@H]3C)c2nnc(NS(C)(=O)=O)n12. The van der Waals surface area contributed by atoms with Gasteiger partial charge in [-0.1, -0.05) is 12.8 Å². The van der Waals surface area contributed by atoms with Gasteiger partial charge in [0.1, 0.15) is 35.3 Å². The van der Waals surface area contributed by atoms with E-state index >= 15 is 8.78 Å². The molecule has 5 aromatic rings. The molecule has 6 rings (SSSR count). The van der Waals surface area contributed by atoms with E-state index in [9.17, 15) is 30.8 Å². The van der Waals surface area contributed by atoms with Gasteiger partial charge in [0.05, 0.1) is 18.0 Å². The van der Waals surface area contributed by atoms with Gasteiger partial charge in [0, 0.05) is 40.3 Å². The van der Waals surface area contributed by atoms with E-state index in [2.05, 4.69) is 37.2 Å². The number of anilines is 1. The number of halogens is 6. The Morgan fingerprint density at radius 2 is 1.71 bits per heavy atom. The number of nitrogens with zero attached hydrogens (tertiary/aromatic N) is 6. The second kappa shape index (κ2) is 14.3. The number of nitrogens with one attached hydrogen (secondary N) is 2. The molecule has 1 aromatic carbocycles. The number of alkyl halides is 4. The Balaban J connectivity index is 1.52. The number of rotatable bonds is 10. The van der Waals surface area contributed by atoms with Crippen LogP contribution < -0.4 is 10.0 Å². The third kappa shape index (κ3) is 8.46. The van der Waals surface area contributed by atoms with Crippen molar-refractivity contribution in [3.63, 3.8) is 0 Å². The van der Waals surface area contributed by atoms with Gasteiger partial charge in [-0.15, -0.1) is 10.2 Å². The number of sulfonamides is 1. The van der Waals surface area contributed by atoms with Crippen LogP contribution in [-0.2, 0) is 33.7 Å². The Hall–Kier alpha value is -5.44. The highest BCUT2D eigenvalue weighted by atomic mass is 32.2. The summed E-state index contributed by atoms with van der Waals surface area (Å²) in [6.45, 7) is 7.81. The number of hydrogen-bond donors (Lipinski definition) is 2. The van der Waals surface area contributed by atoms with Gasteiger partial charge in [0.25, 0.3) is 12.3 Å². The van der Waals surface area contributed by atoms with Crippen LogP contribution in [0.1, 0.15) is 92.1 Å². The van der Waals surface area contributed by atoms with Crippen molar-refractivity contribution in [3.8, 4) is 23.0 Å². The van der Waals surface area contributed by atoms with E-state index in [0.29, 0.717) is 27.6 Å². The minimum absolute atomic E-state index is 0.0817. The number of hydrogen-bond acceptors (Lipinski definition) is 7. The van der Waals surface area contributed by atoms with Gasteiger partial charge < -0.3 is 5.32 Å². The summed E-state index contributed by atoms with van der Waals surface area (Å²) in [5.74, 6) is -1.28. The molecular weight excluding hydrogens is 751 g/mol. The van der Waals surface area contributed by atoms with Gasteiger partial charge in [0.2, 0.25) is 21.9 Å². The van der Waals surface area contributed by atoms with Gasteiger partial charge in [-0.2, -0.15) is 13.9 Å². The predicted octanol–water partition coefficient (Wildman–Crippen LogP) is 6.98. The van der Waals surface area contributed by atoms with Gasteiger partial charge in [-0.05, 0) is 87.9 Å². The fraction of sp³-hybridized carbons (Fsp3) is 0.378. The number of benzene rings is 1. The van der Waals surface area contributed by atoms with Gasteiger partial charge >= 0.3 is 0 Å². The van der Waals surface area contributed by atoms with Crippen LogP contribution in [0.15, 0.2) is 42.5 Å². The molecule has 0 spiro atoms. The molecule has 2 atom stereocenters. The van der Waals surface area contributed by atoms with Gasteiger partial charge in [-0.25, -0.2) is 31.0 Å². The van der Waals surface area contributed by atoms with Crippen molar-refractivity contribution in [2.24, 2.45) is 5.41 Å². The van der Waals surface area contributed by atoms with Crippen molar-refractivity contribution in [2.45, 2.75) is 78.3 Å². The summed E-state index contributed by atoms with van der Waals surface area (Å²) in [7, 11) is -3.78. The molecule has 0 radical (unpaired) electrons. The summed E-state index contributed by atoms with van der Waals surface area (Å²) in [5, 5.41) is 14.7. The van der Waals surface area contributed by atoms with Crippen LogP contribution in [0.2, 0.25) is 0 Å². The average Bonchev–Trinajstić information content (AvgIpc) is 3.71. The lowest BCUT2D eigenvalue weighted by Crippen LogP contribution is -2.35. The lowest BCUT2D eigenvalue weighted by Gasteiger charge is -2.23. The largest absolute Gasteiger partial charge is 0.346 e. The normalized spacial score (nSPS) is 15.8. The molecule has 0 saturated heterocycles. The van der Waals surface area contributed by atoms with Crippen LogP contribution in [-0.4, -0.2) is 49.9 Å². The third-order valence-electron chi connectivity index (χ3n) is 8.75. The summed E-state index contributed by atoms with van der Waals surface area (Å²) in [4.78, 5) is 18.7. The summed E-state index contributed by atoms with van der Waals surface area (Å²) < 4.78 is 116. The summed E-state index contributed by atoms with van der Waals surface area (Å²) in [6, 6.07) is 8.06. The van der Waals surface area contributed by atoms with E-state index in [-0.39, 0.29) is 40.5 Å². The number of aromatic nitrogens is 6. The maximum Gasteiger partial charge on any atom is 0.290 e. The Labute approximate surface area is 312 Å². The minimum Gasteiger partial charge on any atom is -0.346 e. The Bertz CT molecular complexity index is 2480. The van der Waals surface area contributed by atoms with E-state index in [0.717, 1.165) is 18.4 Å². The predicted molar refractivity (Wildman–Crippen MR) is 191 cm³/mol. The lowest BCUT2D eigenvalue weighted by molar-refractivity contribution is -0.122. The molecule has 1 aliphatic rings. The number of amides is 1.